The molecule has 1 unspecified atom stereocenters. The minimum absolute atomic E-state index is 0.0860. The normalized spacial score (nSPS) is 19.3. The quantitative estimate of drug-likeness (QED) is 0.844. The number of hydrogen-bond acceptors (Lipinski definition) is 6. The Morgan fingerprint density at radius 1 is 1.60 bits per heavy atom. The molecular formula is C14H22N2O3S. The maximum atomic E-state index is 12.0. The van der Waals surface area contributed by atoms with Gasteiger partial charge in [0.15, 0.2) is 0 Å². The molecule has 1 aromatic heterocycles. The van der Waals surface area contributed by atoms with E-state index >= 15 is 0 Å². The van der Waals surface area contributed by atoms with Crippen molar-refractivity contribution in [1.82, 2.24) is 10.3 Å². The van der Waals surface area contributed by atoms with Crippen molar-refractivity contribution >= 4 is 17.3 Å². The number of nitrogens with zero attached hydrogens (tertiary/aromatic N) is 1. The third-order valence-electron chi connectivity index (χ3n) is 3.00. The second-order valence-corrected chi connectivity index (χ2v) is 6.26. The summed E-state index contributed by atoms with van der Waals surface area (Å²) in [6.07, 6.45) is 0.790. The first-order valence-corrected chi connectivity index (χ1v) is 7.91. The zero-order valence-electron chi connectivity index (χ0n) is 12.3. The van der Waals surface area contributed by atoms with E-state index in [1.807, 2.05) is 6.92 Å². The van der Waals surface area contributed by atoms with Gasteiger partial charge in [0.25, 0.3) is 0 Å². The maximum Gasteiger partial charge on any atom is 0.350 e. The Kier molecular flexibility index (Phi) is 5.51. The summed E-state index contributed by atoms with van der Waals surface area (Å²) in [5.41, 5.74) is 0.853. The Bertz CT molecular complexity index is 453. The molecule has 6 heteroatoms. The van der Waals surface area contributed by atoms with Gasteiger partial charge in [0, 0.05) is 6.54 Å². The van der Waals surface area contributed by atoms with Crippen LogP contribution >= 0.6 is 11.3 Å². The highest BCUT2D eigenvalue weighted by Gasteiger charge is 2.25. The average Bonchev–Trinajstić information content (AvgIpc) is 2.83. The van der Waals surface area contributed by atoms with Crippen molar-refractivity contribution in [3.63, 3.8) is 0 Å². The number of hydrogen-bond donors (Lipinski definition) is 1. The Hall–Kier alpha value is -0.980. The molecule has 0 radical (unpaired) electrons. The summed E-state index contributed by atoms with van der Waals surface area (Å²) in [5.74, 6) is 0.192. The predicted octanol–water partition coefficient (Wildman–Crippen LogP) is 2.18. The molecule has 1 atom stereocenters. The lowest BCUT2D eigenvalue weighted by molar-refractivity contribution is 0.0530. The Balaban J connectivity index is 2.23. The highest BCUT2D eigenvalue weighted by Crippen LogP contribution is 2.27. The van der Waals surface area contributed by atoms with Gasteiger partial charge in [-0.1, -0.05) is 13.8 Å². The summed E-state index contributed by atoms with van der Waals surface area (Å²) >= 11 is 1.43. The lowest BCUT2D eigenvalue weighted by Gasteiger charge is -2.21. The monoisotopic (exact) mass is 298 g/mol. The predicted molar refractivity (Wildman–Crippen MR) is 78.2 cm³/mol. The van der Waals surface area contributed by atoms with E-state index in [0.29, 0.717) is 24.0 Å². The van der Waals surface area contributed by atoms with Crippen LogP contribution in [-0.2, 0) is 15.9 Å². The van der Waals surface area contributed by atoms with Gasteiger partial charge < -0.3 is 14.8 Å². The number of carbonyl (C=O) groups excluding carboxylic acids is 1. The van der Waals surface area contributed by atoms with Crippen molar-refractivity contribution in [2.45, 2.75) is 33.2 Å². The van der Waals surface area contributed by atoms with Crippen LogP contribution in [-0.4, -0.2) is 37.3 Å². The molecule has 20 heavy (non-hydrogen) atoms. The highest BCUT2D eigenvalue weighted by molar-refractivity contribution is 7.13. The molecule has 1 N–H and O–H groups in total. The van der Waals surface area contributed by atoms with E-state index in [1.165, 1.54) is 11.3 Å². The van der Waals surface area contributed by atoms with Crippen LogP contribution in [0, 0.1) is 5.92 Å². The molecule has 0 aliphatic carbocycles. The molecule has 0 spiro atoms. The number of carbonyl (C=O) groups is 1. The number of esters is 1. The van der Waals surface area contributed by atoms with Crippen LogP contribution in [0.5, 0.6) is 0 Å². The Morgan fingerprint density at radius 2 is 2.40 bits per heavy atom. The molecule has 1 fully saturated rings. The van der Waals surface area contributed by atoms with Gasteiger partial charge in [0.1, 0.15) is 9.88 Å². The third kappa shape index (κ3) is 3.77. The Labute approximate surface area is 123 Å². The second-order valence-electron chi connectivity index (χ2n) is 5.23. The van der Waals surface area contributed by atoms with Gasteiger partial charge >= 0.3 is 5.97 Å². The molecule has 112 valence electrons. The van der Waals surface area contributed by atoms with Crippen LogP contribution in [0.4, 0.5) is 0 Å². The zero-order valence-corrected chi connectivity index (χ0v) is 13.1. The highest BCUT2D eigenvalue weighted by atomic mass is 32.1. The molecule has 1 aromatic rings. The lowest BCUT2D eigenvalue weighted by Crippen LogP contribution is -2.34. The number of aromatic nitrogens is 1. The minimum Gasteiger partial charge on any atom is -0.462 e. The number of thiazole rings is 1. The van der Waals surface area contributed by atoms with Gasteiger partial charge in [-0.05, 0) is 19.3 Å². The van der Waals surface area contributed by atoms with Crippen molar-refractivity contribution < 1.29 is 14.3 Å². The minimum atomic E-state index is -0.261. The number of nitrogens with one attached hydrogen (secondary N) is 1. The molecule has 0 amide bonds. The number of morpholine rings is 1. The van der Waals surface area contributed by atoms with Gasteiger partial charge in [-0.15, -0.1) is 11.3 Å². The smallest absolute Gasteiger partial charge is 0.350 e. The van der Waals surface area contributed by atoms with E-state index in [2.05, 4.69) is 24.1 Å². The number of rotatable bonds is 5. The van der Waals surface area contributed by atoms with Crippen LogP contribution in [0.2, 0.25) is 0 Å². The molecule has 1 aliphatic heterocycles. The largest absolute Gasteiger partial charge is 0.462 e. The summed E-state index contributed by atoms with van der Waals surface area (Å²) in [6, 6.07) is 0.0860. The SMILES string of the molecule is CCOC(=O)c1sc(C2COCCN2)nc1CC(C)C. The maximum absolute atomic E-state index is 12.0. The van der Waals surface area contributed by atoms with Gasteiger partial charge in [-0.25, -0.2) is 9.78 Å². The summed E-state index contributed by atoms with van der Waals surface area (Å²) in [7, 11) is 0. The van der Waals surface area contributed by atoms with E-state index in [0.717, 1.165) is 30.3 Å². The second kappa shape index (κ2) is 7.15. The topological polar surface area (TPSA) is 60.5 Å². The van der Waals surface area contributed by atoms with Crippen molar-refractivity contribution in [3.8, 4) is 0 Å². The van der Waals surface area contributed by atoms with Crippen molar-refractivity contribution in [1.29, 1.82) is 0 Å². The number of ether oxygens (including phenoxy) is 2. The standard InChI is InChI=1S/C14H22N2O3S/c1-4-19-14(17)12-10(7-9(2)3)16-13(20-12)11-8-18-6-5-15-11/h9,11,15H,4-8H2,1-3H3. The van der Waals surface area contributed by atoms with Crippen LogP contribution in [0.3, 0.4) is 0 Å². The fourth-order valence-corrected chi connectivity index (χ4v) is 3.17. The molecule has 2 heterocycles. The van der Waals surface area contributed by atoms with E-state index in [-0.39, 0.29) is 12.0 Å². The van der Waals surface area contributed by atoms with Crippen LogP contribution < -0.4 is 5.32 Å². The molecule has 1 aliphatic rings. The summed E-state index contributed by atoms with van der Waals surface area (Å²) < 4.78 is 10.6. The molecule has 0 aromatic carbocycles. The lowest BCUT2D eigenvalue weighted by atomic mass is 10.1. The first-order valence-electron chi connectivity index (χ1n) is 7.09. The van der Waals surface area contributed by atoms with Crippen LogP contribution in [0.1, 0.15) is 47.2 Å². The molecule has 0 bridgehead atoms. The third-order valence-corrected chi connectivity index (χ3v) is 4.19. The van der Waals surface area contributed by atoms with E-state index in [9.17, 15) is 4.79 Å². The van der Waals surface area contributed by atoms with Crippen LogP contribution in [0.15, 0.2) is 0 Å². The van der Waals surface area contributed by atoms with Crippen molar-refractivity contribution in [2.24, 2.45) is 5.92 Å². The van der Waals surface area contributed by atoms with E-state index in [4.69, 9.17) is 9.47 Å². The molecule has 0 saturated carbocycles. The van der Waals surface area contributed by atoms with E-state index < -0.39 is 0 Å². The first-order chi connectivity index (χ1) is 9.61. The molecule has 5 nitrogen and oxygen atoms in total. The van der Waals surface area contributed by atoms with Gasteiger partial charge in [-0.2, -0.15) is 0 Å². The Morgan fingerprint density at radius 3 is 3.00 bits per heavy atom. The summed E-state index contributed by atoms with van der Waals surface area (Å²) in [6.45, 7) is 8.60. The summed E-state index contributed by atoms with van der Waals surface area (Å²) in [5, 5.41) is 4.29. The fraction of sp³-hybridized carbons (Fsp3) is 0.714. The molecular weight excluding hydrogens is 276 g/mol. The van der Waals surface area contributed by atoms with Crippen molar-refractivity contribution in [2.75, 3.05) is 26.4 Å². The summed E-state index contributed by atoms with van der Waals surface area (Å²) in [4.78, 5) is 17.3. The van der Waals surface area contributed by atoms with Gasteiger partial charge in [-0.3, -0.25) is 0 Å². The average molecular weight is 298 g/mol. The van der Waals surface area contributed by atoms with Gasteiger partial charge in [0.05, 0.1) is 31.6 Å². The van der Waals surface area contributed by atoms with Crippen LogP contribution in [0.25, 0.3) is 0 Å². The molecule has 1 saturated heterocycles. The van der Waals surface area contributed by atoms with E-state index in [1.54, 1.807) is 0 Å². The van der Waals surface area contributed by atoms with Gasteiger partial charge in [0.2, 0.25) is 0 Å². The first kappa shape index (κ1) is 15.4. The fourth-order valence-electron chi connectivity index (χ4n) is 2.12. The molecule has 2 rings (SSSR count). The zero-order chi connectivity index (χ0) is 14.5. The van der Waals surface area contributed by atoms with Crippen molar-refractivity contribution in [3.05, 3.63) is 15.6 Å².